The minimum absolute atomic E-state index is 0.128. The van der Waals surface area contributed by atoms with Gasteiger partial charge in [0, 0.05) is 0 Å². The molecule has 0 aromatic rings. The lowest BCUT2D eigenvalue weighted by atomic mass is 10.1. The fourth-order valence-corrected chi connectivity index (χ4v) is 1.54. The van der Waals surface area contributed by atoms with Crippen LogP contribution in [0.1, 0.15) is 45.4 Å². The molecule has 0 heterocycles. The summed E-state index contributed by atoms with van der Waals surface area (Å²) in [5.41, 5.74) is -1.60. The van der Waals surface area contributed by atoms with Crippen LogP contribution >= 0.6 is 0 Å². The van der Waals surface area contributed by atoms with Crippen molar-refractivity contribution in [3.05, 3.63) is 0 Å². The molecule has 80 valence electrons. The molecule has 1 atom stereocenters. The first-order chi connectivity index (χ1) is 5.98. The van der Waals surface area contributed by atoms with Crippen LogP contribution in [0.3, 0.4) is 0 Å². The Hall–Kier alpha value is -0.130. The quantitative estimate of drug-likeness (QED) is 0.494. The molecule has 0 saturated carbocycles. The Kier molecular flexibility index (Phi) is 6.28. The summed E-state index contributed by atoms with van der Waals surface area (Å²) >= 11 is 0. The van der Waals surface area contributed by atoms with Crippen molar-refractivity contribution in [1.82, 2.24) is 0 Å². The molecule has 0 fully saturated rings. The lowest BCUT2D eigenvalue weighted by Crippen LogP contribution is -2.19. The molecule has 5 heteroatoms. The Morgan fingerprint density at radius 3 is 2.15 bits per heavy atom. The van der Waals surface area contributed by atoms with Crippen molar-refractivity contribution >= 4 is 10.1 Å². The van der Waals surface area contributed by atoms with E-state index in [2.05, 4.69) is 6.92 Å². The summed E-state index contributed by atoms with van der Waals surface area (Å²) in [4.78, 5) is 0. The number of aliphatic hydroxyl groups excluding tert-OH is 1. The second kappa shape index (κ2) is 6.34. The second-order valence-corrected chi connectivity index (χ2v) is 4.75. The van der Waals surface area contributed by atoms with Gasteiger partial charge in [0.2, 0.25) is 0 Å². The monoisotopic (exact) mass is 210 g/mol. The van der Waals surface area contributed by atoms with Gasteiger partial charge in [0.1, 0.15) is 0 Å². The van der Waals surface area contributed by atoms with Crippen LogP contribution in [-0.4, -0.2) is 23.5 Å². The molecule has 0 spiro atoms. The normalized spacial score (nSPS) is 14.4. The van der Waals surface area contributed by atoms with E-state index in [1.165, 1.54) is 0 Å². The molecule has 0 unspecified atom stereocenters. The highest BCUT2D eigenvalue weighted by molar-refractivity contribution is 7.86. The standard InChI is InChI=1S/C8H18O4S/c1-2-3-4-5-6-7-8(9)13(10,11)12/h8-9H,2-7H2,1H3,(H,10,11,12)/t8-/m1/s1. The molecule has 0 bridgehead atoms. The Balaban J connectivity index is 3.44. The van der Waals surface area contributed by atoms with Gasteiger partial charge in [-0.3, -0.25) is 4.55 Å². The minimum atomic E-state index is -4.24. The molecule has 0 amide bonds. The molecule has 0 aliphatic heterocycles. The van der Waals surface area contributed by atoms with Crippen LogP contribution in [0.15, 0.2) is 0 Å². The predicted octanol–water partition coefficient (Wildman–Crippen LogP) is 1.55. The predicted molar refractivity (Wildman–Crippen MR) is 50.9 cm³/mol. The van der Waals surface area contributed by atoms with Gasteiger partial charge in [-0.05, 0) is 12.8 Å². The van der Waals surface area contributed by atoms with Crippen LogP contribution < -0.4 is 0 Å². The Bertz CT molecular complexity index is 210. The van der Waals surface area contributed by atoms with E-state index in [1.54, 1.807) is 0 Å². The molecule has 4 nitrogen and oxygen atoms in total. The van der Waals surface area contributed by atoms with Gasteiger partial charge in [0.15, 0.2) is 5.44 Å². The highest BCUT2D eigenvalue weighted by atomic mass is 32.2. The second-order valence-electron chi connectivity index (χ2n) is 3.17. The highest BCUT2D eigenvalue weighted by Crippen LogP contribution is 2.09. The first-order valence-corrected chi connectivity index (χ1v) is 6.13. The van der Waals surface area contributed by atoms with E-state index in [9.17, 15) is 8.42 Å². The van der Waals surface area contributed by atoms with E-state index in [4.69, 9.17) is 9.66 Å². The lowest BCUT2D eigenvalue weighted by Gasteiger charge is -2.05. The van der Waals surface area contributed by atoms with Gasteiger partial charge in [0.25, 0.3) is 10.1 Å². The van der Waals surface area contributed by atoms with E-state index < -0.39 is 15.6 Å². The molecule has 0 aliphatic carbocycles. The number of hydrogen-bond acceptors (Lipinski definition) is 3. The Morgan fingerprint density at radius 1 is 1.15 bits per heavy atom. The SMILES string of the molecule is CCCCCCC[C@H](O)S(=O)(=O)O. The highest BCUT2D eigenvalue weighted by Gasteiger charge is 2.17. The van der Waals surface area contributed by atoms with Gasteiger partial charge in [-0.2, -0.15) is 8.42 Å². The van der Waals surface area contributed by atoms with Crippen molar-refractivity contribution in [2.24, 2.45) is 0 Å². The zero-order valence-corrected chi connectivity index (χ0v) is 8.76. The van der Waals surface area contributed by atoms with Gasteiger partial charge in [-0.1, -0.05) is 32.6 Å². The molecule has 0 radical (unpaired) electrons. The third-order valence-corrected chi connectivity index (χ3v) is 2.82. The Morgan fingerprint density at radius 2 is 1.69 bits per heavy atom. The van der Waals surface area contributed by atoms with Crippen molar-refractivity contribution in [2.45, 2.75) is 50.9 Å². The Labute approximate surface area is 79.7 Å². The first-order valence-electron chi connectivity index (χ1n) is 4.63. The summed E-state index contributed by atoms with van der Waals surface area (Å²) in [6, 6.07) is 0. The van der Waals surface area contributed by atoms with Crippen LogP contribution in [0.25, 0.3) is 0 Å². The van der Waals surface area contributed by atoms with Crippen LogP contribution in [0.2, 0.25) is 0 Å². The largest absolute Gasteiger partial charge is 0.375 e. The summed E-state index contributed by atoms with van der Waals surface area (Å²) in [5.74, 6) is 0. The topological polar surface area (TPSA) is 74.6 Å². The maximum Gasteiger partial charge on any atom is 0.291 e. The van der Waals surface area contributed by atoms with Gasteiger partial charge in [-0.15, -0.1) is 0 Å². The summed E-state index contributed by atoms with van der Waals surface area (Å²) < 4.78 is 29.1. The van der Waals surface area contributed by atoms with E-state index >= 15 is 0 Å². The number of unbranched alkanes of at least 4 members (excludes halogenated alkanes) is 4. The molecule has 13 heavy (non-hydrogen) atoms. The first kappa shape index (κ1) is 12.9. The smallest absolute Gasteiger partial charge is 0.291 e. The number of hydrogen-bond donors (Lipinski definition) is 2. The number of aliphatic hydroxyl groups is 1. The molecule has 0 rings (SSSR count). The van der Waals surface area contributed by atoms with Gasteiger partial charge >= 0.3 is 0 Å². The average Bonchev–Trinajstić information content (AvgIpc) is 2.02. The van der Waals surface area contributed by atoms with Crippen LogP contribution in [0.5, 0.6) is 0 Å². The van der Waals surface area contributed by atoms with Gasteiger partial charge in [0.05, 0.1) is 0 Å². The molecule has 0 aliphatic rings. The van der Waals surface area contributed by atoms with E-state index in [1.807, 2.05) is 0 Å². The van der Waals surface area contributed by atoms with E-state index in [0.29, 0.717) is 6.42 Å². The fraction of sp³-hybridized carbons (Fsp3) is 1.00. The molecule has 0 saturated heterocycles. The van der Waals surface area contributed by atoms with E-state index in [0.717, 1.165) is 25.7 Å². The van der Waals surface area contributed by atoms with Crippen LogP contribution in [0, 0.1) is 0 Å². The molecular formula is C8H18O4S. The van der Waals surface area contributed by atoms with E-state index in [-0.39, 0.29) is 6.42 Å². The summed E-state index contributed by atoms with van der Waals surface area (Å²) in [6.45, 7) is 2.09. The fourth-order valence-electron chi connectivity index (χ4n) is 1.07. The zero-order chi connectivity index (χ0) is 10.3. The maximum atomic E-state index is 10.4. The third-order valence-electron chi connectivity index (χ3n) is 1.90. The summed E-state index contributed by atoms with van der Waals surface area (Å²) in [7, 11) is -4.24. The van der Waals surface area contributed by atoms with Crippen molar-refractivity contribution in [3.63, 3.8) is 0 Å². The lowest BCUT2D eigenvalue weighted by molar-refractivity contribution is 0.219. The minimum Gasteiger partial charge on any atom is -0.375 e. The third kappa shape index (κ3) is 6.98. The van der Waals surface area contributed by atoms with Crippen LogP contribution in [0.4, 0.5) is 0 Å². The molecule has 0 aromatic heterocycles. The average molecular weight is 210 g/mol. The molecular weight excluding hydrogens is 192 g/mol. The van der Waals surface area contributed by atoms with Gasteiger partial charge in [-0.25, -0.2) is 0 Å². The maximum absolute atomic E-state index is 10.4. The van der Waals surface area contributed by atoms with Crippen molar-refractivity contribution in [2.75, 3.05) is 0 Å². The summed E-state index contributed by atoms with van der Waals surface area (Å²) in [6.07, 6.45) is 4.97. The molecule has 2 N–H and O–H groups in total. The van der Waals surface area contributed by atoms with Crippen molar-refractivity contribution < 1.29 is 18.1 Å². The molecule has 0 aromatic carbocycles. The van der Waals surface area contributed by atoms with Crippen molar-refractivity contribution in [1.29, 1.82) is 0 Å². The summed E-state index contributed by atoms with van der Waals surface area (Å²) in [5, 5.41) is 8.90. The number of rotatable bonds is 7. The zero-order valence-electron chi connectivity index (χ0n) is 7.94. The van der Waals surface area contributed by atoms with Crippen molar-refractivity contribution in [3.8, 4) is 0 Å². The van der Waals surface area contributed by atoms with Crippen LogP contribution in [-0.2, 0) is 10.1 Å². The van der Waals surface area contributed by atoms with Gasteiger partial charge < -0.3 is 5.11 Å².